The summed E-state index contributed by atoms with van der Waals surface area (Å²) in [6.45, 7) is 6.46. The number of ether oxygens (including phenoxy) is 1. The van der Waals surface area contributed by atoms with Gasteiger partial charge in [0.15, 0.2) is 0 Å². The summed E-state index contributed by atoms with van der Waals surface area (Å²) >= 11 is 3.73. The van der Waals surface area contributed by atoms with E-state index in [-0.39, 0.29) is 17.5 Å². The highest BCUT2D eigenvalue weighted by molar-refractivity contribution is 9.11. The van der Waals surface area contributed by atoms with Crippen LogP contribution in [-0.2, 0) is 9.53 Å². The lowest BCUT2D eigenvalue weighted by molar-refractivity contribution is -0.156. The first-order chi connectivity index (χ1) is 11.3. The Morgan fingerprint density at radius 3 is 2.62 bits per heavy atom. The molecule has 0 N–H and O–H groups in total. The molecule has 0 bridgehead atoms. The van der Waals surface area contributed by atoms with Crippen LogP contribution in [0.2, 0.25) is 0 Å². The number of hydrogen-bond acceptors (Lipinski definition) is 2. The number of fused-ring (bicyclic) bond motifs is 5. The minimum atomic E-state index is -0.113. The topological polar surface area (TPSA) is 26.3 Å². The summed E-state index contributed by atoms with van der Waals surface area (Å²) in [7, 11) is 0. The van der Waals surface area contributed by atoms with Crippen LogP contribution < -0.4 is 0 Å². The molecular weight excluding hydrogens is 364 g/mol. The molecule has 132 valence electrons. The number of carbonyl (C=O) groups is 1. The maximum absolute atomic E-state index is 11.5. The lowest BCUT2D eigenvalue weighted by atomic mass is 9.48. The van der Waals surface area contributed by atoms with Crippen LogP contribution in [0, 0.1) is 34.5 Å². The highest BCUT2D eigenvalue weighted by atomic mass is 79.9. The molecule has 0 saturated heterocycles. The fourth-order valence-electron chi connectivity index (χ4n) is 6.56. The Labute approximate surface area is 154 Å². The van der Waals surface area contributed by atoms with Crippen molar-refractivity contribution in [3.8, 4) is 0 Å². The molecule has 4 aliphatic rings. The van der Waals surface area contributed by atoms with Gasteiger partial charge in [-0.15, -0.1) is 0 Å². The molecule has 4 aliphatic carbocycles. The number of carbonyl (C=O) groups excluding carboxylic acids is 1. The van der Waals surface area contributed by atoms with Crippen LogP contribution in [-0.4, -0.2) is 12.1 Å². The molecule has 3 heteroatoms. The summed E-state index contributed by atoms with van der Waals surface area (Å²) in [6, 6.07) is 0. The lowest BCUT2D eigenvalue weighted by Crippen LogP contribution is -2.51. The van der Waals surface area contributed by atoms with Gasteiger partial charge in [0.05, 0.1) is 0 Å². The van der Waals surface area contributed by atoms with Gasteiger partial charge in [-0.25, -0.2) is 0 Å². The maximum atomic E-state index is 11.5. The van der Waals surface area contributed by atoms with E-state index < -0.39 is 0 Å². The molecule has 7 atom stereocenters. The second kappa shape index (κ2) is 5.72. The molecule has 0 aromatic rings. The lowest BCUT2D eigenvalue weighted by Gasteiger charge is -2.57. The molecule has 0 heterocycles. The van der Waals surface area contributed by atoms with Crippen molar-refractivity contribution >= 4 is 21.9 Å². The minimum absolute atomic E-state index is 0.113. The van der Waals surface area contributed by atoms with E-state index in [2.05, 4.69) is 48.0 Å². The first-order valence-corrected chi connectivity index (χ1v) is 10.4. The number of allylic oxidation sites excluding steroid dienone is 4. The van der Waals surface area contributed by atoms with E-state index in [9.17, 15) is 4.79 Å². The van der Waals surface area contributed by atoms with Crippen molar-refractivity contribution in [2.75, 3.05) is 0 Å². The largest absolute Gasteiger partial charge is 0.462 e. The van der Waals surface area contributed by atoms with Crippen LogP contribution in [0.5, 0.6) is 0 Å². The third-order valence-corrected chi connectivity index (χ3v) is 8.63. The zero-order valence-corrected chi connectivity index (χ0v) is 16.6. The zero-order valence-electron chi connectivity index (χ0n) is 15.1. The molecule has 4 rings (SSSR count). The highest BCUT2D eigenvalue weighted by Gasteiger charge is 2.59. The average Bonchev–Trinajstić information content (AvgIpc) is 2.84. The minimum Gasteiger partial charge on any atom is -0.462 e. The van der Waals surface area contributed by atoms with Gasteiger partial charge in [-0.05, 0) is 66.2 Å². The predicted molar refractivity (Wildman–Crippen MR) is 99.6 cm³/mol. The predicted octanol–water partition coefficient (Wildman–Crippen LogP) is 5.63. The van der Waals surface area contributed by atoms with E-state index in [4.69, 9.17) is 4.74 Å². The quantitative estimate of drug-likeness (QED) is 0.427. The Kier molecular flexibility index (Phi) is 4.02. The molecule has 2 nitrogen and oxygen atoms in total. The number of hydrogen-bond donors (Lipinski definition) is 0. The van der Waals surface area contributed by atoms with Crippen LogP contribution in [0.1, 0.15) is 59.3 Å². The first-order valence-electron chi connectivity index (χ1n) is 9.56. The van der Waals surface area contributed by atoms with Crippen LogP contribution in [0.4, 0.5) is 0 Å². The average molecular weight is 393 g/mol. The Balaban J connectivity index is 1.65. The summed E-state index contributed by atoms with van der Waals surface area (Å²) in [6.07, 6.45) is 14.8. The molecule has 2 saturated carbocycles. The monoisotopic (exact) mass is 392 g/mol. The zero-order chi connectivity index (χ0) is 17.1. The maximum Gasteiger partial charge on any atom is 0.302 e. The van der Waals surface area contributed by atoms with Crippen molar-refractivity contribution in [3.63, 3.8) is 0 Å². The summed E-state index contributed by atoms with van der Waals surface area (Å²) in [4.78, 5) is 11.5. The van der Waals surface area contributed by atoms with Gasteiger partial charge in [-0.2, -0.15) is 0 Å². The SMILES string of the molecule is CC(=O)O[C@H]1CCC2C3C=CC4C=C(Br)CC[C@]4(C)C3CC[C@@]21C. The van der Waals surface area contributed by atoms with Gasteiger partial charge in [0, 0.05) is 18.3 Å². The van der Waals surface area contributed by atoms with Crippen LogP contribution >= 0.6 is 15.9 Å². The Morgan fingerprint density at radius 1 is 1.12 bits per heavy atom. The molecule has 24 heavy (non-hydrogen) atoms. The fraction of sp³-hybridized carbons (Fsp3) is 0.762. The Hall–Kier alpha value is -0.570. The van der Waals surface area contributed by atoms with Gasteiger partial charge < -0.3 is 4.74 Å². The number of rotatable bonds is 1. The van der Waals surface area contributed by atoms with E-state index >= 15 is 0 Å². The normalized spacial score (nSPS) is 49.7. The molecule has 0 aromatic carbocycles. The third-order valence-electron chi connectivity index (χ3n) is 7.97. The molecule has 0 radical (unpaired) electrons. The van der Waals surface area contributed by atoms with Crippen molar-refractivity contribution in [1.29, 1.82) is 0 Å². The van der Waals surface area contributed by atoms with Crippen LogP contribution in [0.25, 0.3) is 0 Å². The summed E-state index contributed by atoms with van der Waals surface area (Å²) in [5, 5.41) is 0. The first kappa shape index (κ1) is 16.9. The van der Waals surface area contributed by atoms with Crippen molar-refractivity contribution in [3.05, 3.63) is 22.7 Å². The fourth-order valence-corrected chi connectivity index (χ4v) is 7.04. The molecule has 0 amide bonds. The van der Waals surface area contributed by atoms with Gasteiger partial charge in [0.25, 0.3) is 0 Å². The van der Waals surface area contributed by atoms with Gasteiger partial charge in [-0.1, -0.05) is 48.0 Å². The van der Waals surface area contributed by atoms with Crippen LogP contribution in [0.3, 0.4) is 0 Å². The van der Waals surface area contributed by atoms with Gasteiger partial charge in [-0.3, -0.25) is 4.79 Å². The second-order valence-corrected chi connectivity index (χ2v) is 10.1. The summed E-state index contributed by atoms with van der Waals surface area (Å²) < 4.78 is 7.11. The Bertz CT molecular complexity index is 609. The smallest absolute Gasteiger partial charge is 0.302 e. The molecular formula is C21H29BrO2. The van der Waals surface area contributed by atoms with Crippen molar-refractivity contribution < 1.29 is 9.53 Å². The van der Waals surface area contributed by atoms with E-state index in [1.807, 2.05) is 0 Å². The van der Waals surface area contributed by atoms with E-state index in [0.29, 0.717) is 23.2 Å². The van der Waals surface area contributed by atoms with E-state index in [0.717, 1.165) is 12.3 Å². The second-order valence-electron chi connectivity index (χ2n) is 9.04. The van der Waals surface area contributed by atoms with Crippen molar-refractivity contribution in [2.45, 2.75) is 65.4 Å². The summed E-state index contributed by atoms with van der Waals surface area (Å²) in [5.74, 6) is 2.58. The highest BCUT2D eigenvalue weighted by Crippen LogP contribution is 2.64. The van der Waals surface area contributed by atoms with Gasteiger partial charge in [0.1, 0.15) is 6.10 Å². The van der Waals surface area contributed by atoms with Gasteiger partial charge in [0.2, 0.25) is 0 Å². The molecule has 0 spiro atoms. The van der Waals surface area contributed by atoms with Crippen LogP contribution in [0.15, 0.2) is 22.7 Å². The Morgan fingerprint density at radius 2 is 1.88 bits per heavy atom. The molecule has 4 unspecified atom stereocenters. The van der Waals surface area contributed by atoms with E-state index in [1.54, 1.807) is 6.92 Å². The van der Waals surface area contributed by atoms with Crippen molar-refractivity contribution in [1.82, 2.24) is 0 Å². The molecule has 0 aliphatic heterocycles. The van der Waals surface area contributed by atoms with Gasteiger partial charge >= 0.3 is 5.97 Å². The number of esters is 1. The molecule has 2 fully saturated rings. The van der Waals surface area contributed by atoms with Crippen molar-refractivity contribution in [2.24, 2.45) is 34.5 Å². The molecule has 0 aromatic heterocycles. The number of halogens is 1. The standard InChI is InChI=1S/C21H29BrO2/c1-13(23)24-19-7-6-17-16-5-4-14-12-15(22)8-10-20(14,2)18(16)9-11-21(17,19)3/h4-5,12,14,16-19H,6-11H2,1-3H3/t14?,16?,17?,18?,19-,20-,21-/m0/s1. The van der Waals surface area contributed by atoms with E-state index in [1.165, 1.54) is 36.6 Å². The summed E-state index contributed by atoms with van der Waals surface area (Å²) in [5.41, 5.74) is 0.572. The third kappa shape index (κ3) is 2.37.